The molecule has 3 nitrogen and oxygen atoms in total. The lowest BCUT2D eigenvalue weighted by atomic mass is 10.2. The monoisotopic (exact) mass is 189 g/mol. The summed E-state index contributed by atoms with van der Waals surface area (Å²) in [5.74, 6) is 0. The zero-order valence-corrected chi connectivity index (χ0v) is 9.03. The molecule has 0 saturated carbocycles. The summed E-state index contributed by atoms with van der Waals surface area (Å²) < 4.78 is 0. The van der Waals surface area contributed by atoms with Crippen LogP contribution in [0.4, 0.5) is 0 Å². The van der Waals surface area contributed by atoms with Crippen molar-refractivity contribution in [2.45, 2.75) is 45.8 Å². The highest BCUT2D eigenvalue weighted by molar-refractivity contribution is 4.68. The SMILES string of the molecule is CCCCN(CC(C)O)C(C)CO. The fraction of sp³-hybridized carbons (Fsp3) is 1.00. The predicted molar refractivity (Wildman–Crippen MR) is 54.7 cm³/mol. The molecule has 0 radical (unpaired) electrons. The molecule has 2 atom stereocenters. The molecular weight excluding hydrogens is 166 g/mol. The van der Waals surface area contributed by atoms with E-state index in [1.165, 1.54) is 0 Å². The van der Waals surface area contributed by atoms with Crippen LogP contribution in [0, 0.1) is 0 Å². The number of hydrogen-bond donors (Lipinski definition) is 2. The maximum absolute atomic E-state index is 9.24. The zero-order valence-electron chi connectivity index (χ0n) is 9.03. The second-order valence-electron chi connectivity index (χ2n) is 3.73. The molecule has 80 valence electrons. The number of hydrogen-bond acceptors (Lipinski definition) is 3. The van der Waals surface area contributed by atoms with Gasteiger partial charge in [0.1, 0.15) is 0 Å². The van der Waals surface area contributed by atoms with Gasteiger partial charge < -0.3 is 10.2 Å². The number of nitrogens with zero attached hydrogens (tertiary/aromatic N) is 1. The van der Waals surface area contributed by atoms with Crippen molar-refractivity contribution >= 4 is 0 Å². The molecule has 0 aliphatic rings. The van der Waals surface area contributed by atoms with Crippen LogP contribution in [-0.2, 0) is 0 Å². The minimum Gasteiger partial charge on any atom is -0.395 e. The Morgan fingerprint density at radius 1 is 1.31 bits per heavy atom. The summed E-state index contributed by atoms with van der Waals surface area (Å²) in [6.07, 6.45) is 1.96. The van der Waals surface area contributed by atoms with Gasteiger partial charge in [-0.3, -0.25) is 4.90 Å². The molecule has 13 heavy (non-hydrogen) atoms. The van der Waals surface area contributed by atoms with Crippen molar-refractivity contribution in [1.29, 1.82) is 0 Å². The summed E-state index contributed by atoms with van der Waals surface area (Å²) in [4.78, 5) is 2.13. The Morgan fingerprint density at radius 2 is 1.92 bits per heavy atom. The second kappa shape index (κ2) is 7.30. The molecule has 2 unspecified atom stereocenters. The molecule has 3 heteroatoms. The molecule has 0 bridgehead atoms. The van der Waals surface area contributed by atoms with Gasteiger partial charge in [-0.2, -0.15) is 0 Å². The van der Waals surface area contributed by atoms with E-state index in [0.717, 1.165) is 19.4 Å². The van der Waals surface area contributed by atoms with E-state index in [1.54, 1.807) is 6.92 Å². The molecule has 0 amide bonds. The van der Waals surface area contributed by atoms with Crippen LogP contribution in [0.15, 0.2) is 0 Å². The van der Waals surface area contributed by atoms with Crippen LogP contribution in [0.3, 0.4) is 0 Å². The number of aliphatic hydroxyl groups excluding tert-OH is 2. The summed E-state index contributed by atoms with van der Waals surface area (Å²) >= 11 is 0. The molecule has 0 aromatic heterocycles. The topological polar surface area (TPSA) is 43.7 Å². The molecule has 0 aliphatic carbocycles. The number of rotatable bonds is 7. The Labute approximate surface area is 81.4 Å². The molecule has 0 aromatic carbocycles. The Hall–Kier alpha value is -0.120. The Bertz CT molecular complexity index is 117. The summed E-state index contributed by atoms with van der Waals surface area (Å²) in [5, 5.41) is 18.2. The summed E-state index contributed by atoms with van der Waals surface area (Å²) in [7, 11) is 0. The fourth-order valence-electron chi connectivity index (χ4n) is 1.31. The lowest BCUT2D eigenvalue weighted by Crippen LogP contribution is -2.40. The number of unbranched alkanes of at least 4 members (excludes halogenated alkanes) is 1. The Balaban J connectivity index is 3.87. The van der Waals surface area contributed by atoms with Crippen molar-refractivity contribution in [2.75, 3.05) is 19.7 Å². The van der Waals surface area contributed by atoms with Crippen molar-refractivity contribution in [3.63, 3.8) is 0 Å². The average Bonchev–Trinajstić information content (AvgIpc) is 2.10. The minimum atomic E-state index is -0.314. The van der Waals surface area contributed by atoms with E-state index in [-0.39, 0.29) is 18.8 Å². The highest BCUT2D eigenvalue weighted by Gasteiger charge is 2.13. The smallest absolute Gasteiger partial charge is 0.0639 e. The standard InChI is InChI=1S/C10H23NO2/c1-4-5-6-11(7-10(3)13)9(2)8-12/h9-10,12-13H,4-8H2,1-3H3. The van der Waals surface area contributed by atoms with Crippen LogP contribution in [0.2, 0.25) is 0 Å². The third-order valence-electron chi connectivity index (χ3n) is 2.19. The van der Waals surface area contributed by atoms with E-state index in [2.05, 4.69) is 11.8 Å². The van der Waals surface area contributed by atoms with Gasteiger partial charge in [0, 0.05) is 12.6 Å². The number of aliphatic hydroxyl groups is 2. The zero-order chi connectivity index (χ0) is 10.3. The summed E-state index contributed by atoms with van der Waals surface area (Å²) in [5.41, 5.74) is 0. The van der Waals surface area contributed by atoms with Crippen molar-refractivity contribution in [1.82, 2.24) is 4.90 Å². The van der Waals surface area contributed by atoms with E-state index in [1.807, 2.05) is 6.92 Å². The molecule has 0 aromatic rings. The minimum absolute atomic E-state index is 0.154. The molecule has 0 heterocycles. The second-order valence-corrected chi connectivity index (χ2v) is 3.73. The van der Waals surface area contributed by atoms with Crippen LogP contribution in [0.5, 0.6) is 0 Å². The van der Waals surface area contributed by atoms with Crippen LogP contribution in [0.25, 0.3) is 0 Å². The van der Waals surface area contributed by atoms with E-state index >= 15 is 0 Å². The van der Waals surface area contributed by atoms with Gasteiger partial charge in [0.15, 0.2) is 0 Å². The van der Waals surface area contributed by atoms with Crippen molar-refractivity contribution in [3.8, 4) is 0 Å². The van der Waals surface area contributed by atoms with Crippen LogP contribution in [-0.4, -0.2) is 47.0 Å². The molecular formula is C10H23NO2. The maximum Gasteiger partial charge on any atom is 0.0639 e. The fourth-order valence-corrected chi connectivity index (χ4v) is 1.31. The highest BCUT2D eigenvalue weighted by Crippen LogP contribution is 2.03. The van der Waals surface area contributed by atoms with E-state index < -0.39 is 0 Å². The maximum atomic E-state index is 9.24. The molecule has 0 saturated heterocycles. The molecule has 0 fully saturated rings. The van der Waals surface area contributed by atoms with Crippen molar-refractivity contribution in [3.05, 3.63) is 0 Å². The van der Waals surface area contributed by atoms with Gasteiger partial charge in [-0.15, -0.1) is 0 Å². The first-order valence-electron chi connectivity index (χ1n) is 5.14. The first kappa shape index (κ1) is 12.9. The van der Waals surface area contributed by atoms with Crippen LogP contribution >= 0.6 is 0 Å². The van der Waals surface area contributed by atoms with Gasteiger partial charge in [0.2, 0.25) is 0 Å². The quantitative estimate of drug-likeness (QED) is 0.624. The first-order valence-corrected chi connectivity index (χ1v) is 5.14. The molecule has 0 rings (SSSR count). The summed E-state index contributed by atoms with van der Waals surface area (Å²) in [6, 6.07) is 0.154. The lowest BCUT2D eigenvalue weighted by molar-refractivity contribution is 0.0761. The Kier molecular flexibility index (Phi) is 7.23. The molecule has 0 aliphatic heterocycles. The van der Waals surface area contributed by atoms with Gasteiger partial charge in [-0.1, -0.05) is 13.3 Å². The predicted octanol–water partition coefficient (Wildman–Crippen LogP) is 0.850. The van der Waals surface area contributed by atoms with Crippen molar-refractivity contribution < 1.29 is 10.2 Å². The van der Waals surface area contributed by atoms with Crippen molar-refractivity contribution in [2.24, 2.45) is 0 Å². The van der Waals surface area contributed by atoms with E-state index in [9.17, 15) is 5.11 Å². The normalized spacial score (nSPS) is 16.2. The van der Waals surface area contributed by atoms with Gasteiger partial charge in [0.05, 0.1) is 12.7 Å². The Morgan fingerprint density at radius 3 is 2.31 bits per heavy atom. The molecule has 2 N–H and O–H groups in total. The van der Waals surface area contributed by atoms with Crippen LogP contribution in [0.1, 0.15) is 33.6 Å². The first-order chi connectivity index (χ1) is 6.11. The third kappa shape index (κ3) is 6.02. The molecule has 0 spiro atoms. The highest BCUT2D eigenvalue weighted by atomic mass is 16.3. The van der Waals surface area contributed by atoms with Gasteiger partial charge in [-0.05, 0) is 26.8 Å². The summed E-state index contributed by atoms with van der Waals surface area (Å²) in [6.45, 7) is 7.69. The average molecular weight is 189 g/mol. The lowest BCUT2D eigenvalue weighted by Gasteiger charge is -2.28. The van der Waals surface area contributed by atoms with Gasteiger partial charge in [0.25, 0.3) is 0 Å². The van der Waals surface area contributed by atoms with Gasteiger partial charge in [-0.25, -0.2) is 0 Å². The van der Waals surface area contributed by atoms with Crippen LogP contribution < -0.4 is 0 Å². The van der Waals surface area contributed by atoms with E-state index in [0.29, 0.717) is 6.54 Å². The third-order valence-corrected chi connectivity index (χ3v) is 2.19. The van der Waals surface area contributed by atoms with E-state index in [4.69, 9.17) is 5.11 Å². The largest absolute Gasteiger partial charge is 0.395 e. The van der Waals surface area contributed by atoms with Gasteiger partial charge >= 0.3 is 0 Å².